The Hall–Kier alpha value is -2.73. The van der Waals surface area contributed by atoms with Gasteiger partial charge in [0.2, 0.25) is 5.91 Å². The molecule has 3 rings (SSSR count). The highest BCUT2D eigenvalue weighted by Crippen LogP contribution is 2.33. The summed E-state index contributed by atoms with van der Waals surface area (Å²) in [5, 5.41) is 3.35. The smallest absolute Gasteiger partial charge is 0.228 e. The van der Waals surface area contributed by atoms with Crippen LogP contribution in [0.5, 0.6) is 17.2 Å². The molecule has 0 saturated heterocycles. The molecule has 0 fully saturated rings. The fourth-order valence-electron chi connectivity index (χ4n) is 4.34. The second-order valence-electron chi connectivity index (χ2n) is 7.89. The molecule has 1 aliphatic rings. The van der Waals surface area contributed by atoms with Gasteiger partial charge in [-0.15, -0.1) is 0 Å². The summed E-state index contributed by atoms with van der Waals surface area (Å²) in [5.41, 5.74) is 4.56. The van der Waals surface area contributed by atoms with E-state index in [2.05, 4.69) is 24.4 Å². The van der Waals surface area contributed by atoms with Crippen LogP contribution in [0.15, 0.2) is 30.3 Å². The van der Waals surface area contributed by atoms with Gasteiger partial charge in [-0.1, -0.05) is 25.5 Å². The van der Waals surface area contributed by atoms with Crippen molar-refractivity contribution in [2.24, 2.45) is 0 Å². The third-order valence-electron chi connectivity index (χ3n) is 5.99. The first-order chi connectivity index (χ1) is 15.0. The van der Waals surface area contributed by atoms with E-state index < -0.39 is 0 Å². The van der Waals surface area contributed by atoms with Crippen LogP contribution in [0.4, 0.5) is 0 Å². The summed E-state index contributed by atoms with van der Waals surface area (Å²) >= 11 is 0. The molecule has 0 bridgehead atoms. The lowest BCUT2D eigenvalue weighted by Gasteiger charge is -2.31. The largest absolute Gasteiger partial charge is 0.496 e. The van der Waals surface area contributed by atoms with Gasteiger partial charge in [-0.2, -0.15) is 0 Å². The molecule has 0 spiro atoms. The van der Waals surface area contributed by atoms with Crippen molar-refractivity contribution in [3.05, 3.63) is 52.6 Å². The van der Waals surface area contributed by atoms with Gasteiger partial charge in [0.1, 0.15) is 5.75 Å². The van der Waals surface area contributed by atoms with Crippen LogP contribution < -0.4 is 19.5 Å². The summed E-state index contributed by atoms with van der Waals surface area (Å²) in [4.78, 5) is 15.1. The van der Waals surface area contributed by atoms with Gasteiger partial charge in [-0.05, 0) is 60.3 Å². The highest BCUT2D eigenvalue weighted by atomic mass is 16.5. The number of nitrogens with zero attached hydrogens (tertiary/aromatic N) is 1. The minimum absolute atomic E-state index is 0.0755. The van der Waals surface area contributed by atoms with Crippen LogP contribution >= 0.6 is 0 Å². The van der Waals surface area contributed by atoms with Gasteiger partial charge in [-0.25, -0.2) is 0 Å². The molecule has 2 aromatic carbocycles. The lowest BCUT2D eigenvalue weighted by atomic mass is 10.0. The highest BCUT2D eigenvalue weighted by Gasteiger charge is 2.27. The van der Waals surface area contributed by atoms with Gasteiger partial charge < -0.3 is 24.4 Å². The van der Waals surface area contributed by atoms with E-state index in [4.69, 9.17) is 14.2 Å². The Morgan fingerprint density at radius 3 is 2.29 bits per heavy atom. The van der Waals surface area contributed by atoms with E-state index in [1.165, 1.54) is 11.1 Å². The Morgan fingerprint density at radius 1 is 1.00 bits per heavy atom. The molecule has 0 aliphatic carbocycles. The van der Waals surface area contributed by atoms with Gasteiger partial charge in [0.25, 0.3) is 0 Å². The molecule has 2 aromatic rings. The summed E-state index contributed by atoms with van der Waals surface area (Å²) in [6.07, 6.45) is 3.84. The third-order valence-corrected chi connectivity index (χ3v) is 5.99. The number of hydrogen-bond donors (Lipinski definition) is 1. The average Bonchev–Trinajstić information content (AvgIpc) is 2.94. The molecule has 31 heavy (non-hydrogen) atoms. The summed E-state index contributed by atoms with van der Waals surface area (Å²) < 4.78 is 16.4. The minimum Gasteiger partial charge on any atom is -0.496 e. The molecule has 6 heteroatoms. The number of hydrogen-bond acceptors (Lipinski definition) is 5. The Balaban J connectivity index is 1.81. The first-order valence-corrected chi connectivity index (χ1v) is 10.9. The SMILES string of the molecule is CCCc1cc(CC(NC)N2CCc3cc(OC)c(OC)cc3CC2=O)ccc1OC. The van der Waals surface area contributed by atoms with E-state index in [-0.39, 0.29) is 12.1 Å². The zero-order valence-electron chi connectivity index (χ0n) is 19.3. The Morgan fingerprint density at radius 2 is 1.68 bits per heavy atom. The predicted molar refractivity (Wildman–Crippen MR) is 122 cm³/mol. The van der Waals surface area contributed by atoms with Crippen LogP contribution in [0.25, 0.3) is 0 Å². The highest BCUT2D eigenvalue weighted by molar-refractivity contribution is 5.80. The quantitative estimate of drug-likeness (QED) is 0.666. The molecule has 1 heterocycles. The topological polar surface area (TPSA) is 60.0 Å². The Labute approximate surface area is 185 Å². The van der Waals surface area contributed by atoms with E-state index in [0.29, 0.717) is 24.5 Å². The number of carbonyl (C=O) groups excluding carboxylic acids is 1. The van der Waals surface area contributed by atoms with E-state index in [0.717, 1.165) is 42.6 Å². The van der Waals surface area contributed by atoms with Gasteiger partial charge in [-0.3, -0.25) is 4.79 Å². The predicted octanol–water partition coefficient (Wildman–Crippen LogP) is 3.38. The second-order valence-corrected chi connectivity index (χ2v) is 7.89. The number of amides is 1. The number of aryl methyl sites for hydroxylation is 1. The van der Waals surface area contributed by atoms with Gasteiger partial charge in [0.05, 0.1) is 33.9 Å². The summed E-state index contributed by atoms with van der Waals surface area (Å²) in [6, 6.07) is 10.3. The maximum Gasteiger partial charge on any atom is 0.228 e. The van der Waals surface area contributed by atoms with E-state index >= 15 is 0 Å². The van der Waals surface area contributed by atoms with E-state index in [1.54, 1.807) is 21.3 Å². The van der Waals surface area contributed by atoms with E-state index in [9.17, 15) is 4.79 Å². The maximum absolute atomic E-state index is 13.2. The van der Waals surface area contributed by atoms with Crippen molar-refractivity contribution in [1.29, 1.82) is 0 Å². The first kappa shape index (κ1) is 22.9. The molecular formula is C25H34N2O4. The Bertz CT molecular complexity index is 913. The molecule has 1 atom stereocenters. The average molecular weight is 427 g/mol. The van der Waals surface area contributed by atoms with Crippen molar-refractivity contribution >= 4 is 5.91 Å². The van der Waals surface area contributed by atoms with Crippen molar-refractivity contribution in [1.82, 2.24) is 10.2 Å². The van der Waals surface area contributed by atoms with Crippen LogP contribution in [0.1, 0.15) is 35.6 Å². The molecule has 1 aliphatic heterocycles. The summed E-state index contributed by atoms with van der Waals surface area (Å²) in [5.74, 6) is 2.41. The Kier molecular flexibility index (Phi) is 7.80. The zero-order valence-corrected chi connectivity index (χ0v) is 19.3. The number of likely N-dealkylation sites (N-methyl/N-ethyl adjacent to an activating group) is 1. The maximum atomic E-state index is 13.2. The molecule has 1 N–H and O–H groups in total. The number of ether oxygens (including phenoxy) is 3. The fraction of sp³-hybridized carbons (Fsp3) is 0.480. The first-order valence-electron chi connectivity index (χ1n) is 10.9. The molecule has 0 saturated carbocycles. The lowest BCUT2D eigenvalue weighted by molar-refractivity contribution is -0.133. The standard InChI is InChI=1S/C25H34N2O4/c1-6-7-19-12-17(8-9-21(19)29-3)13-24(26-2)27-11-10-18-14-22(30-4)23(31-5)15-20(18)16-25(27)28/h8-9,12,14-15,24,26H,6-7,10-11,13,16H2,1-5H3. The van der Waals surface area contributed by atoms with E-state index in [1.807, 2.05) is 30.1 Å². The number of methoxy groups -OCH3 is 3. The second kappa shape index (κ2) is 10.5. The number of nitrogens with one attached hydrogen (secondary N) is 1. The lowest BCUT2D eigenvalue weighted by Crippen LogP contribution is -2.49. The van der Waals surface area contributed by atoms with Crippen molar-refractivity contribution in [2.75, 3.05) is 34.9 Å². The molecule has 1 amide bonds. The fourth-order valence-corrected chi connectivity index (χ4v) is 4.34. The molecule has 168 valence electrons. The number of carbonyl (C=O) groups is 1. The van der Waals surface area contributed by atoms with Crippen LogP contribution in [0.3, 0.4) is 0 Å². The summed E-state index contributed by atoms with van der Waals surface area (Å²) in [7, 11) is 6.88. The molecular weight excluding hydrogens is 392 g/mol. The number of benzene rings is 2. The number of rotatable bonds is 9. The van der Waals surface area contributed by atoms with Crippen molar-refractivity contribution in [3.63, 3.8) is 0 Å². The minimum atomic E-state index is -0.0755. The molecule has 0 radical (unpaired) electrons. The third kappa shape index (κ3) is 5.13. The van der Waals surface area contributed by atoms with Crippen molar-refractivity contribution < 1.29 is 19.0 Å². The molecule has 1 unspecified atom stereocenters. The monoisotopic (exact) mass is 426 g/mol. The van der Waals surface area contributed by atoms with Gasteiger partial charge in [0, 0.05) is 13.0 Å². The van der Waals surface area contributed by atoms with Crippen LogP contribution in [0.2, 0.25) is 0 Å². The van der Waals surface area contributed by atoms with Gasteiger partial charge in [0.15, 0.2) is 11.5 Å². The summed E-state index contributed by atoms with van der Waals surface area (Å²) in [6.45, 7) is 2.82. The van der Waals surface area contributed by atoms with Crippen molar-refractivity contribution in [3.8, 4) is 17.2 Å². The van der Waals surface area contributed by atoms with Crippen LogP contribution in [0, 0.1) is 0 Å². The zero-order chi connectivity index (χ0) is 22.4. The van der Waals surface area contributed by atoms with Crippen LogP contribution in [-0.2, 0) is 30.5 Å². The molecule has 0 aromatic heterocycles. The van der Waals surface area contributed by atoms with Crippen molar-refractivity contribution in [2.45, 2.75) is 45.2 Å². The normalized spacial score (nSPS) is 14.6. The van der Waals surface area contributed by atoms with Gasteiger partial charge >= 0.3 is 0 Å². The van der Waals surface area contributed by atoms with Crippen LogP contribution in [-0.4, -0.2) is 51.9 Å². The molecule has 6 nitrogen and oxygen atoms in total. The number of fused-ring (bicyclic) bond motifs is 1.